The summed E-state index contributed by atoms with van der Waals surface area (Å²) in [6.07, 6.45) is 6.03. The summed E-state index contributed by atoms with van der Waals surface area (Å²) in [7, 11) is 0. The molecule has 0 unspecified atom stereocenters. The zero-order valence-electron chi connectivity index (χ0n) is 13.5. The zero-order valence-corrected chi connectivity index (χ0v) is 14.3. The van der Waals surface area contributed by atoms with Gasteiger partial charge in [-0.1, -0.05) is 0 Å². The molecule has 8 bridgehead atoms. The van der Waals surface area contributed by atoms with E-state index in [1.165, 1.54) is 0 Å². The van der Waals surface area contributed by atoms with Crippen molar-refractivity contribution in [2.24, 2.45) is 0 Å². The van der Waals surface area contributed by atoms with Gasteiger partial charge in [0.1, 0.15) is 0 Å². The monoisotopic (exact) mass is 348 g/mol. The standard InChI is InChI=1S/C20H16N4.ClH/c1-2-14-10-16-5-6-18(23-16)12-20-8-7-19(24-20)11-17-4-3-15(22-17)9-13(1)21-14;/h1-6,9-12,22-23H,7-8H2;1H. The minimum Gasteiger partial charge on any atom is -0.355 e. The Labute approximate surface area is 151 Å². The van der Waals surface area contributed by atoms with Crippen molar-refractivity contribution in [1.82, 2.24) is 19.9 Å². The van der Waals surface area contributed by atoms with Gasteiger partial charge in [-0.3, -0.25) is 4.98 Å². The Morgan fingerprint density at radius 1 is 0.600 bits per heavy atom. The number of hydrogen-bond acceptors (Lipinski definition) is 2. The molecule has 2 N–H and O–H groups in total. The van der Waals surface area contributed by atoms with Crippen LogP contribution in [0.15, 0.2) is 48.5 Å². The van der Waals surface area contributed by atoms with Gasteiger partial charge in [0.05, 0.1) is 11.4 Å². The van der Waals surface area contributed by atoms with Crippen molar-refractivity contribution in [3.63, 3.8) is 0 Å². The van der Waals surface area contributed by atoms with Crippen LogP contribution in [0.1, 0.15) is 22.8 Å². The molecule has 4 nitrogen and oxygen atoms in total. The van der Waals surface area contributed by atoms with Gasteiger partial charge in [-0.15, -0.1) is 12.4 Å². The van der Waals surface area contributed by atoms with Gasteiger partial charge < -0.3 is 9.97 Å². The Morgan fingerprint density at radius 3 is 1.52 bits per heavy atom. The van der Waals surface area contributed by atoms with Crippen LogP contribution in [0.2, 0.25) is 0 Å². The van der Waals surface area contributed by atoms with Crippen LogP contribution in [0.5, 0.6) is 0 Å². The van der Waals surface area contributed by atoms with Crippen LogP contribution in [-0.2, 0) is 12.8 Å². The second-order valence-electron chi connectivity index (χ2n) is 6.20. The van der Waals surface area contributed by atoms with Gasteiger partial charge in [0.25, 0.3) is 0 Å². The first-order chi connectivity index (χ1) is 11.8. The van der Waals surface area contributed by atoms with E-state index in [1.807, 2.05) is 12.2 Å². The van der Waals surface area contributed by atoms with Gasteiger partial charge >= 0.3 is 0 Å². The van der Waals surface area contributed by atoms with Crippen molar-refractivity contribution in [2.45, 2.75) is 12.8 Å². The Bertz CT molecular complexity index is 1040. The first-order valence-electron chi connectivity index (χ1n) is 8.14. The Hall–Kier alpha value is -2.85. The number of aromatic nitrogens is 4. The molecule has 0 radical (unpaired) electrons. The number of halogens is 1. The van der Waals surface area contributed by atoms with Gasteiger partial charge in [-0.25, -0.2) is 4.98 Å². The van der Waals surface area contributed by atoms with Crippen molar-refractivity contribution in [2.75, 3.05) is 0 Å². The van der Waals surface area contributed by atoms with E-state index in [2.05, 4.69) is 63.5 Å². The predicted molar refractivity (Wildman–Crippen MR) is 105 cm³/mol. The highest BCUT2D eigenvalue weighted by atomic mass is 35.5. The quantitative estimate of drug-likeness (QED) is 0.484. The molecule has 5 heterocycles. The van der Waals surface area contributed by atoms with Crippen molar-refractivity contribution < 1.29 is 0 Å². The third kappa shape index (κ3) is 3.21. The van der Waals surface area contributed by atoms with Gasteiger partial charge in [-0.05, 0) is 73.5 Å². The van der Waals surface area contributed by atoms with Gasteiger partial charge in [0.15, 0.2) is 0 Å². The van der Waals surface area contributed by atoms with Crippen LogP contribution in [-0.4, -0.2) is 19.9 Å². The van der Waals surface area contributed by atoms with E-state index in [0.717, 1.165) is 57.7 Å². The van der Waals surface area contributed by atoms with E-state index in [1.54, 1.807) is 0 Å². The molecule has 0 saturated carbocycles. The second-order valence-corrected chi connectivity index (χ2v) is 6.20. The largest absolute Gasteiger partial charge is 0.355 e. The number of nitrogens with zero attached hydrogens (tertiary/aromatic N) is 2. The molecule has 25 heavy (non-hydrogen) atoms. The number of nitrogens with one attached hydrogen (secondary N) is 2. The molecule has 0 spiro atoms. The SMILES string of the molecule is C1=Cc2cc3ccc(cc4nc(cc5ccc(cc1n2)[nH]5)CC4)[nH]3.Cl. The van der Waals surface area contributed by atoms with E-state index in [9.17, 15) is 0 Å². The van der Waals surface area contributed by atoms with E-state index >= 15 is 0 Å². The summed E-state index contributed by atoms with van der Waals surface area (Å²) in [4.78, 5) is 16.2. The van der Waals surface area contributed by atoms with Crippen molar-refractivity contribution >= 4 is 46.6 Å². The Balaban J connectivity index is 0.00000157. The third-order valence-corrected chi connectivity index (χ3v) is 4.32. The molecule has 0 amide bonds. The first kappa shape index (κ1) is 15.7. The Kier molecular flexibility index (Phi) is 3.90. The minimum absolute atomic E-state index is 0. The summed E-state index contributed by atoms with van der Waals surface area (Å²) < 4.78 is 0. The van der Waals surface area contributed by atoms with E-state index in [0.29, 0.717) is 0 Å². The molecule has 5 rings (SSSR count). The van der Waals surface area contributed by atoms with Crippen LogP contribution in [0.25, 0.3) is 34.2 Å². The van der Waals surface area contributed by atoms with Crippen LogP contribution in [0, 0.1) is 0 Å². The second kappa shape index (κ2) is 6.22. The van der Waals surface area contributed by atoms with Crippen LogP contribution in [0.4, 0.5) is 0 Å². The molecular formula is C20H17ClN4. The topological polar surface area (TPSA) is 57.4 Å². The number of rotatable bonds is 0. The molecule has 0 atom stereocenters. The molecule has 2 aliphatic heterocycles. The molecular weight excluding hydrogens is 332 g/mol. The fraction of sp³-hybridized carbons (Fsp3) is 0.100. The number of hydrogen-bond donors (Lipinski definition) is 2. The smallest absolute Gasteiger partial charge is 0.0658 e. The van der Waals surface area contributed by atoms with Crippen LogP contribution in [0.3, 0.4) is 0 Å². The lowest BCUT2D eigenvalue weighted by Gasteiger charge is -1.85. The van der Waals surface area contributed by atoms with Gasteiger partial charge in [-0.2, -0.15) is 0 Å². The average molecular weight is 349 g/mol. The summed E-state index contributed by atoms with van der Waals surface area (Å²) in [6.45, 7) is 0. The predicted octanol–water partition coefficient (Wildman–Crippen LogP) is 4.69. The van der Waals surface area contributed by atoms with Crippen molar-refractivity contribution in [1.29, 1.82) is 0 Å². The lowest BCUT2D eigenvalue weighted by Crippen LogP contribution is -1.77. The number of H-pyrrole nitrogens is 2. The highest BCUT2D eigenvalue weighted by Gasteiger charge is 2.05. The fourth-order valence-electron chi connectivity index (χ4n) is 3.19. The van der Waals surface area contributed by atoms with E-state index in [4.69, 9.17) is 4.98 Å². The minimum atomic E-state index is 0. The molecule has 0 aromatic carbocycles. The van der Waals surface area contributed by atoms with Crippen molar-refractivity contribution in [3.05, 3.63) is 71.3 Å². The molecule has 0 saturated heterocycles. The molecule has 0 aliphatic carbocycles. The molecule has 3 aromatic rings. The maximum Gasteiger partial charge on any atom is 0.0658 e. The maximum atomic E-state index is 4.75. The van der Waals surface area contributed by atoms with Gasteiger partial charge in [0, 0.05) is 33.5 Å². The lowest BCUT2D eigenvalue weighted by molar-refractivity contribution is 1.03. The van der Waals surface area contributed by atoms with Crippen LogP contribution < -0.4 is 0 Å². The third-order valence-electron chi connectivity index (χ3n) is 4.32. The maximum absolute atomic E-state index is 4.75. The molecule has 3 aromatic heterocycles. The highest BCUT2D eigenvalue weighted by molar-refractivity contribution is 5.85. The molecule has 0 fully saturated rings. The van der Waals surface area contributed by atoms with E-state index in [-0.39, 0.29) is 12.4 Å². The summed E-state index contributed by atoms with van der Waals surface area (Å²) >= 11 is 0. The number of fused-ring (bicyclic) bond motifs is 8. The zero-order chi connectivity index (χ0) is 15.9. The summed E-state index contributed by atoms with van der Waals surface area (Å²) in [5.41, 5.74) is 8.40. The molecule has 2 aliphatic rings. The number of aryl methyl sites for hydroxylation is 2. The number of aromatic amines is 2. The normalized spacial score (nSPS) is 12.8. The molecule has 124 valence electrons. The van der Waals surface area contributed by atoms with Gasteiger partial charge in [0.2, 0.25) is 0 Å². The fourth-order valence-corrected chi connectivity index (χ4v) is 3.19. The molecule has 5 heteroatoms. The van der Waals surface area contributed by atoms with Crippen LogP contribution >= 0.6 is 12.4 Å². The lowest BCUT2D eigenvalue weighted by atomic mass is 10.2. The highest BCUT2D eigenvalue weighted by Crippen LogP contribution is 2.16. The summed E-state index contributed by atoms with van der Waals surface area (Å²) in [5.74, 6) is 0. The summed E-state index contributed by atoms with van der Waals surface area (Å²) in [5, 5.41) is 0. The average Bonchev–Trinajstić information content (AvgIpc) is 3.32. The van der Waals surface area contributed by atoms with E-state index < -0.39 is 0 Å². The summed E-state index contributed by atoms with van der Waals surface area (Å²) in [6, 6.07) is 16.7. The first-order valence-corrected chi connectivity index (χ1v) is 8.14. The van der Waals surface area contributed by atoms with Crippen molar-refractivity contribution in [3.8, 4) is 0 Å². The Morgan fingerprint density at radius 2 is 1.04 bits per heavy atom.